The van der Waals surface area contributed by atoms with Crippen molar-refractivity contribution in [2.45, 2.75) is 30.6 Å². The number of halogens is 1. The third kappa shape index (κ3) is 2.25. The highest BCUT2D eigenvalue weighted by Crippen LogP contribution is 2.44. The van der Waals surface area contributed by atoms with E-state index in [4.69, 9.17) is 5.11 Å². The molecule has 3 nitrogen and oxygen atoms in total. The number of hydrogen-bond donors (Lipinski definition) is 1. The number of hydrogen-bond acceptors (Lipinski definition) is 2. The predicted octanol–water partition coefficient (Wildman–Crippen LogP) is 3.08. The van der Waals surface area contributed by atoms with Crippen LogP contribution in [0.3, 0.4) is 0 Å². The minimum Gasteiger partial charge on any atom is -0.477 e. The molecule has 1 aromatic heterocycles. The molecule has 1 aliphatic rings. The van der Waals surface area contributed by atoms with Crippen molar-refractivity contribution in [3.05, 3.63) is 21.5 Å². The maximum Gasteiger partial charge on any atom is 0.352 e. The van der Waals surface area contributed by atoms with E-state index in [2.05, 4.69) is 28.8 Å². The quantitative estimate of drug-likeness (QED) is 0.848. The Morgan fingerprint density at radius 3 is 2.81 bits per heavy atom. The van der Waals surface area contributed by atoms with E-state index in [1.54, 1.807) is 6.07 Å². The lowest BCUT2D eigenvalue weighted by Gasteiger charge is -2.40. The van der Waals surface area contributed by atoms with Gasteiger partial charge in [0.05, 0.1) is 0 Å². The van der Waals surface area contributed by atoms with E-state index in [-0.39, 0.29) is 4.75 Å². The van der Waals surface area contributed by atoms with Crippen molar-refractivity contribution in [2.24, 2.45) is 0 Å². The van der Waals surface area contributed by atoms with Gasteiger partial charge in [-0.05, 0) is 47.8 Å². The molecule has 0 spiro atoms. The molecule has 88 valence electrons. The molecule has 0 unspecified atom stereocenters. The second-order valence-corrected chi connectivity index (χ2v) is 6.74. The standard InChI is InChI=1S/C11H14INO2S/c1-16-11(3-2-4-11)7-13-6-8(12)5-9(13)10(14)15/h5-6H,2-4,7H2,1H3,(H,14,15). The highest BCUT2D eigenvalue weighted by molar-refractivity contribution is 14.1. The monoisotopic (exact) mass is 351 g/mol. The van der Waals surface area contributed by atoms with Crippen LogP contribution in [0.2, 0.25) is 0 Å². The molecule has 1 aromatic rings. The van der Waals surface area contributed by atoms with Crippen LogP contribution < -0.4 is 0 Å². The molecule has 0 aliphatic heterocycles. The molecular formula is C11H14INO2S. The van der Waals surface area contributed by atoms with Gasteiger partial charge in [-0.1, -0.05) is 6.42 Å². The summed E-state index contributed by atoms with van der Waals surface area (Å²) in [5, 5.41) is 9.11. The minimum atomic E-state index is -0.835. The van der Waals surface area contributed by atoms with E-state index >= 15 is 0 Å². The number of aromatic carboxylic acids is 1. The van der Waals surface area contributed by atoms with Gasteiger partial charge in [0, 0.05) is 21.1 Å². The molecule has 2 rings (SSSR count). The zero-order chi connectivity index (χ0) is 11.8. The van der Waals surface area contributed by atoms with Gasteiger partial charge in [-0.15, -0.1) is 0 Å². The zero-order valence-electron chi connectivity index (χ0n) is 9.07. The van der Waals surface area contributed by atoms with Gasteiger partial charge in [-0.25, -0.2) is 4.79 Å². The van der Waals surface area contributed by atoms with Crippen LogP contribution in [-0.4, -0.2) is 26.6 Å². The molecule has 0 saturated heterocycles. The van der Waals surface area contributed by atoms with Crippen LogP contribution in [0.15, 0.2) is 12.3 Å². The minimum absolute atomic E-state index is 0.270. The number of aromatic nitrogens is 1. The summed E-state index contributed by atoms with van der Waals surface area (Å²) >= 11 is 4.03. The van der Waals surface area contributed by atoms with Crippen LogP contribution in [0.5, 0.6) is 0 Å². The Morgan fingerprint density at radius 1 is 1.69 bits per heavy atom. The first kappa shape index (κ1) is 12.3. The van der Waals surface area contributed by atoms with Gasteiger partial charge in [0.2, 0.25) is 0 Å². The highest BCUT2D eigenvalue weighted by Gasteiger charge is 2.37. The smallest absolute Gasteiger partial charge is 0.352 e. The van der Waals surface area contributed by atoms with Gasteiger partial charge in [-0.2, -0.15) is 11.8 Å². The van der Waals surface area contributed by atoms with Crippen LogP contribution in [-0.2, 0) is 6.54 Å². The maximum absolute atomic E-state index is 11.1. The molecular weight excluding hydrogens is 337 g/mol. The Kier molecular flexibility index (Phi) is 3.53. The van der Waals surface area contributed by atoms with Crippen molar-refractivity contribution < 1.29 is 9.90 Å². The number of carbonyl (C=O) groups is 1. The summed E-state index contributed by atoms with van der Waals surface area (Å²) < 4.78 is 3.15. The molecule has 16 heavy (non-hydrogen) atoms. The van der Waals surface area contributed by atoms with Crippen LogP contribution >= 0.6 is 34.4 Å². The molecule has 0 radical (unpaired) electrons. The summed E-state index contributed by atoms with van der Waals surface area (Å²) in [6, 6.07) is 1.73. The van der Waals surface area contributed by atoms with Crippen molar-refractivity contribution in [2.75, 3.05) is 6.26 Å². The highest BCUT2D eigenvalue weighted by atomic mass is 127. The van der Waals surface area contributed by atoms with Gasteiger partial charge in [0.1, 0.15) is 5.69 Å². The summed E-state index contributed by atoms with van der Waals surface area (Å²) in [6.07, 6.45) is 7.71. The van der Waals surface area contributed by atoms with Crippen LogP contribution in [0.25, 0.3) is 0 Å². The van der Waals surface area contributed by atoms with Crippen molar-refractivity contribution in [1.82, 2.24) is 4.57 Å². The van der Waals surface area contributed by atoms with E-state index in [0.717, 1.165) is 10.1 Å². The Labute approximate surface area is 113 Å². The number of nitrogens with zero attached hydrogens (tertiary/aromatic N) is 1. The van der Waals surface area contributed by atoms with Gasteiger partial charge < -0.3 is 9.67 Å². The topological polar surface area (TPSA) is 42.2 Å². The van der Waals surface area contributed by atoms with Gasteiger partial charge >= 0.3 is 5.97 Å². The lowest BCUT2D eigenvalue weighted by Crippen LogP contribution is -2.38. The van der Waals surface area contributed by atoms with E-state index < -0.39 is 5.97 Å². The fourth-order valence-electron chi connectivity index (χ4n) is 2.09. The first-order chi connectivity index (χ1) is 7.56. The lowest BCUT2D eigenvalue weighted by molar-refractivity contribution is 0.0683. The molecule has 1 N–H and O–H groups in total. The average molecular weight is 351 g/mol. The number of rotatable bonds is 4. The van der Waals surface area contributed by atoms with Gasteiger partial charge in [0.25, 0.3) is 0 Å². The predicted molar refractivity (Wildman–Crippen MR) is 74.2 cm³/mol. The summed E-state index contributed by atoms with van der Waals surface area (Å²) in [5.74, 6) is -0.835. The molecule has 0 bridgehead atoms. The normalized spacial score (nSPS) is 18.1. The van der Waals surface area contributed by atoms with Crippen molar-refractivity contribution >= 4 is 40.3 Å². The van der Waals surface area contributed by atoms with Crippen LogP contribution in [0.1, 0.15) is 29.8 Å². The Morgan fingerprint density at radius 2 is 2.38 bits per heavy atom. The molecule has 1 saturated carbocycles. The van der Waals surface area contributed by atoms with Crippen LogP contribution in [0.4, 0.5) is 0 Å². The van der Waals surface area contributed by atoms with Crippen molar-refractivity contribution in [3.63, 3.8) is 0 Å². The van der Waals surface area contributed by atoms with Crippen LogP contribution in [0, 0.1) is 3.57 Å². The fraction of sp³-hybridized carbons (Fsp3) is 0.545. The molecule has 5 heteroatoms. The number of carboxylic acid groups (broad SMARTS) is 1. The third-order valence-corrected chi connectivity index (χ3v) is 5.23. The number of carboxylic acids is 1. The maximum atomic E-state index is 11.1. The molecule has 1 fully saturated rings. The van der Waals surface area contributed by atoms with E-state index in [1.165, 1.54) is 19.3 Å². The molecule has 0 aromatic carbocycles. The SMILES string of the molecule is CSC1(Cn2cc(I)cc2C(=O)O)CCC1. The molecule has 0 amide bonds. The second-order valence-electron chi connectivity index (χ2n) is 4.22. The summed E-state index contributed by atoms with van der Waals surface area (Å²) in [7, 11) is 0. The first-order valence-electron chi connectivity index (χ1n) is 5.20. The Hall–Kier alpha value is -0.170. The molecule has 1 heterocycles. The van der Waals surface area contributed by atoms with Crippen molar-refractivity contribution in [1.29, 1.82) is 0 Å². The van der Waals surface area contributed by atoms with Gasteiger partial charge in [0.15, 0.2) is 0 Å². The Bertz CT molecular complexity index is 407. The third-order valence-electron chi connectivity index (χ3n) is 3.24. The van der Waals surface area contributed by atoms with E-state index in [1.807, 2.05) is 22.5 Å². The van der Waals surface area contributed by atoms with E-state index in [9.17, 15) is 4.79 Å². The second kappa shape index (κ2) is 4.60. The Balaban J connectivity index is 2.23. The average Bonchev–Trinajstić information content (AvgIpc) is 2.53. The number of thioether (sulfide) groups is 1. The van der Waals surface area contributed by atoms with E-state index in [0.29, 0.717) is 5.69 Å². The summed E-state index contributed by atoms with van der Waals surface area (Å²) in [5.41, 5.74) is 0.407. The summed E-state index contributed by atoms with van der Waals surface area (Å²) in [4.78, 5) is 11.1. The fourth-order valence-corrected chi connectivity index (χ4v) is 3.69. The van der Waals surface area contributed by atoms with Crippen molar-refractivity contribution in [3.8, 4) is 0 Å². The van der Waals surface area contributed by atoms with Gasteiger partial charge in [-0.3, -0.25) is 0 Å². The molecule has 0 atom stereocenters. The molecule has 1 aliphatic carbocycles. The largest absolute Gasteiger partial charge is 0.477 e. The lowest BCUT2D eigenvalue weighted by atomic mass is 9.84. The first-order valence-corrected chi connectivity index (χ1v) is 7.51. The summed E-state index contributed by atoms with van der Waals surface area (Å²) in [6.45, 7) is 0.818. The zero-order valence-corrected chi connectivity index (χ0v) is 12.0.